The molecular formula is C11H10BrN3O3. The second kappa shape index (κ2) is 5.74. The maximum absolute atomic E-state index is 10.3. The first kappa shape index (κ1) is 12.7. The summed E-state index contributed by atoms with van der Waals surface area (Å²) < 4.78 is 5.94. The third-order valence-electron chi connectivity index (χ3n) is 2.10. The van der Waals surface area contributed by atoms with Gasteiger partial charge in [0.25, 0.3) is 0 Å². The highest BCUT2D eigenvalue weighted by Crippen LogP contribution is 2.20. The molecule has 1 aromatic heterocycles. The second-order valence-corrected chi connectivity index (χ2v) is 4.44. The lowest BCUT2D eigenvalue weighted by Crippen LogP contribution is -2.21. The first-order chi connectivity index (χ1) is 8.65. The molecule has 0 unspecified atom stereocenters. The van der Waals surface area contributed by atoms with Crippen LogP contribution in [0.4, 0.5) is 0 Å². The molecule has 0 aliphatic heterocycles. The number of carbonyl (C=O) groups is 1. The van der Waals surface area contributed by atoms with Crippen LogP contribution in [0.2, 0.25) is 0 Å². The number of nitrogens with one attached hydrogen (secondary N) is 1. The number of aromatic nitrogens is 2. The maximum atomic E-state index is 10.3. The highest BCUT2D eigenvalue weighted by atomic mass is 79.9. The summed E-state index contributed by atoms with van der Waals surface area (Å²) in [5.41, 5.74) is 0.831. The number of rotatable bonds is 5. The van der Waals surface area contributed by atoms with Gasteiger partial charge in [0.05, 0.1) is 13.1 Å². The number of halogens is 1. The van der Waals surface area contributed by atoms with Crippen molar-refractivity contribution in [2.75, 3.05) is 6.54 Å². The molecule has 2 rings (SSSR count). The molecule has 94 valence electrons. The smallest absolute Gasteiger partial charge is 0.317 e. The Hall–Kier alpha value is -1.73. The van der Waals surface area contributed by atoms with E-state index < -0.39 is 5.97 Å². The van der Waals surface area contributed by atoms with Gasteiger partial charge in [-0.2, -0.15) is 4.98 Å². The summed E-state index contributed by atoms with van der Waals surface area (Å²) in [5.74, 6) is -0.101. The van der Waals surface area contributed by atoms with Gasteiger partial charge in [-0.05, 0) is 12.1 Å². The molecule has 0 fully saturated rings. The maximum Gasteiger partial charge on any atom is 0.317 e. The Bertz CT molecular complexity index is 556. The molecular weight excluding hydrogens is 302 g/mol. The summed E-state index contributed by atoms with van der Waals surface area (Å²) in [6.45, 7) is 0.0852. The van der Waals surface area contributed by atoms with Crippen molar-refractivity contribution in [2.45, 2.75) is 6.54 Å². The molecule has 1 aromatic carbocycles. The zero-order chi connectivity index (χ0) is 13.0. The summed E-state index contributed by atoms with van der Waals surface area (Å²) in [7, 11) is 0. The Kier molecular flexibility index (Phi) is 4.06. The van der Waals surface area contributed by atoms with Crippen molar-refractivity contribution in [2.24, 2.45) is 0 Å². The molecule has 2 aromatic rings. The quantitative estimate of drug-likeness (QED) is 0.873. The van der Waals surface area contributed by atoms with Crippen molar-refractivity contribution in [1.82, 2.24) is 15.5 Å². The van der Waals surface area contributed by atoms with Crippen LogP contribution in [0.3, 0.4) is 0 Å². The van der Waals surface area contributed by atoms with Gasteiger partial charge in [0.2, 0.25) is 11.7 Å². The summed E-state index contributed by atoms with van der Waals surface area (Å²) in [4.78, 5) is 14.5. The molecule has 0 aliphatic rings. The van der Waals surface area contributed by atoms with Crippen LogP contribution in [-0.2, 0) is 11.3 Å². The van der Waals surface area contributed by atoms with E-state index in [1.807, 2.05) is 24.3 Å². The van der Waals surface area contributed by atoms with Gasteiger partial charge in [-0.15, -0.1) is 0 Å². The van der Waals surface area contributed by atoms with Gasteiger partial charge in [-0.25, -0.2) is 0 Å². The summed E-state index contributed by atoms with van der Waals surface area (Å²) in [5, 5.41) is 15.0. The highest BCUT2D eigenvalue weighted by molar-refractivity contribution is 9.10. The second-order valence-electron chi connectivity index (χ2n) is 3.52. The molecule has 0 amide bonds. The van der Waals surface area contributed by atoms with E-state index in [0.29, 0.717) is 11.7 Å². The zero-order valence-electron chi connectivity index (χ0n) is 9.26. The lowest BCUT2D eigenvalue weighted by Gasteiger charge is -1.95. The minimum absolute atomic E-state index is 0.144. The first-order valence-electron chi connectivity index (χ1n) is 5.16. The number of hydrogen-bond acceptors (Lipinski definition) is 5. The molecule has 0 atom stereocenters. The van der Waals surface area contributed by atoms with E-state index in [2.05, 4.69) is 31.4 Å². The fraction of sp³-hybridized carbons (Fsp3) is 0.182. The summed E-state index contributed by atoms with van der Waals surface area (Å²) in [6, 6.07) is 7.51. The van der Waals surface area contributed by atoms with Gasteiger partial charge in [0.1, 0.15) is 0 Å². The number of aliphatic carboxylic acids is 1. The molecule has 0 saturated carbocycles. The monoisotopic (exact) mass is 311 g/mol. The van der Waals surface area contributed by atoms with E-state index in [1.165, 1.54) is 0 Å². The summed E-state index contributed by atoms with van der Waals surface area (Å²) >= 11 is 3.36. The molecule has 2 N–H and O–H groups in total. The molecule has 0 aliphatic carbocycles. The third-order valence-corrected chi connectivity index (χ3v) is 2.60. The Morgan fingerprint density at radius 2 is 2.33 bits per heavy atom. The van der Waals surface area contributed by atoms with Crippen LogP contribution in [0.25, 0.3) is 11.4 Å². The predicted molar refractivity (Wildman–Crippen MR) is 66.8 cm³/mol. The molecule has 7 heteroatoms. The van der Waals surface area contributed by atoms with E-state index in [0.717, 1.165) is 10.0 Å². The van der Waals surface area contributed by atoms with Crippen LogP contribution in [0.5, 0.6) is 0 Å². The SMILES string of the molecule is O=C(O)CNCc1nc(-c2cccc(Br)c2)no1. The Labute approximate surface area is 111 Å². The van der Waals surface area contributed by atoms with Crippen molar-refractivity contribution in [3.8, 4) is 11.4 Å². The van der Waals surface area contributed by atoms with Crippen molar-refractivity contribution in [1.29, 1.82) is 0 Å². The number of benzene rings is 1. The molecule has 0 saturated heterocycles. The number of nitrogens with zero attached hydrogens (tertiary/aromatic N) is 2. The molecule has 18 heavy (non-hydrogen) atoms. The number of carboxylic acids is 1. The minimum atomic E-state index is -0.929. The number of carboxylic acid groups (broad SMARTS) is 1. The average Bonchev–Trinajstić information content (AvgIpc) is 2.77. The lowest BCUT2D eigenvalue weighted by molar-refractivity contribution is -0.136. The van der Waals surface area contributed by atoms with E-state index >= 15 is 0 Å². The van der Waals surface area contributed by atoms with Crippen LogP contribution >= 0.6 is 15.9 Å². The van der Waals surface area contributed by atoms with Crippen LogP contribution in [0.15, 0.2) is 33.3 Å². The largest absolute Gasteiger partial charge is 0.480 e. The molecule has 6 nitrogen and oxygen atoms in total. The van der Waals surface area contributed by atoms with E-state index in [9.17, 15) is 4.79 Å². The molecule has 0 radical (unpaired) electrons. The summed E-state index contributed by atoms with van der Waals surface area (Å²) in [6.07, 6.45) is 0. The Balaban J connectivity index is 2.04. The van der Waals surface area contributed by atoms with Crippen LogP contribution < -0.4 is 5.32 Å². The van der Waals surface area contributed by atoms with E-state index in [-0.39, 0.29) is 13.1 Å². The van der Waals surface area contributed by atoms with Crippen molar-refractivity contribution < 1.29 is 14.4 Å². The van der Waals surface area contributed by atoms with Gasteiger partial charge < -0.3 is 9.63 Å². The van der Waals surface area contributed by atoms with Crippen molar-refractivity contribution >= 4 is 21.9 Å². The molecule has 0 spiro atoms. The third kappa shape index (κ3) is 3.38. The van der Waals surface area contributed by atoms with E-state index in [4.69, 9.17) is 9.63 Å². The Morgan fingerprint density at radius 1 is 1.50 bits per heavy atom. The van der Waals surface area contributed by atoms with Gasteiger partial charge >= 0.3 is 5.97 Å². The van der Waals surface area contributed by atoms with Crippen molar-refractivity contribution in [3.05, 3.63) is 34.6 Å². The molecule has 0 bridgehead atoms. The highest BCUT2D eigenvalue weighted by Gasteiger charge is 2.08. The zero-order valence-corrected chi connectivity index (χ0v) is 10.8. The number of hydrogen-bond donors (Lipinski definition) is 2. The fourth-order valence-electron chi connectivity index (χ4n) is 1.35. The van der Waals surface area contributed by atoms with Gasteiger partial charge in [0, 0.05) is 10.0 Å². The van der Waals surface area contributed by atoms with Gasteiger partial charge in [-0.3, -0.25) is 10.1 Å². The lowest BCUT2D eigenvalue weighted by atomic mass is 10.2. The normalized spacial score (nSPS) is 10.5. The first-order valence-corrected chi connectivity index (χ1v) is 5.95. The van der Waals surface area contributed by atoms with Crippen LogP contribution in [0, 0.1) is 0 Å². The van der Waals surface area contributed by atoms with Gasteiger partial charge in [0.15, 0.2) is 0 Å². The Morgan fingerprint density at radius 3 is 3.06 bits per heavy atom. The minimum Gasteiger partial charge on any atom is -0.480 e. The molecule has 1 heterocycles. The standard InChI is InChI=1S/C11H10BrN3O3/c12-8-3-1-2-7(4-8)11-14-9(18-15-11)5-13-6-10(16)17/h1-4,13H,5-6H2,(H,16,17). The van der Waals surface area contributed by atoms with Gasteiger partial charge in [-0.1, -0.05) is 33.2 Å². The van der Waals surface area contributed by atoms with E-state index in [1.54, 1.807) is 0 Å². The average molecular weight is 312 g/mol. The van der Waals surface area contributed by atoms with Crippen molar-refractivity contribution in [3.63, 3.8) is 0 Å². The topological polar surface area (TPSA) is 88.2 Å². The van der Waals surface area contributed by atoms with Crippen LogP contribution in [-0.4, -0.2) is 27.8 Å². The predicted octanol–water partition coefficient (Wildman–Crippen LogP) is 1.67. The fourth-order valence-corrected chi connectivity index (χ4v) is 1.75. The van der Waals surface area contributed by atoms with Crippen LogP contribution in [0.1, 0.15) is 5.89 Å².